The third-order valence-electron chi connectivity index (χ3n) is 4.03. The molecule has 2 saturated heterocycles. The predicted molar refractivity (Wildman–Crippen MR) is 72.6 cm³/mol. The Bertz CT molecular complexity index is 554. The maximum Gasteiger partial charge on any atom is 0.167 e. The van der Waals surface area contributed by atoms with Crippen molar-refractivity contribution in [2.24, 2.45) is 5.92 Å². The minimum Gasteiger partial charge on any atom is -0.294 e. The maximum atomic E-state index is 13.3. The second kappa shape index (κ2) is 4.97. The van der Waals surface area contributed by atoms with Crippen molar-refractivity contribution in [2.45, 2.75) is 36.2 Å². The summed E-state index contributed by atoms with van der Waals surface area (Å²) in [5, 5.41) is 10.2. The van der Waals surface area contributed by atoms with Crippen LogP contribution in [0.3, 0.4) is 0 Å². The highest BCUT2D eigenvalue weighted by atomic mass is 32.2. The molecule has 0 N–H and O–H groups in total. The van der Waals surface area contributed by atoms with Crippen molar-refractivity contribution >= 4 is 17.5 Å². The van der Waals surface area contributed by atoms with Crippen molar-refractivity contribution in [3.05, 3.63) is 35.1 Å². The Balaban J connectivity index is 1.88. The van der Waals surface area contributed by atoms with E-state index < -0.39 is 5.82 Å². The smallest absolute Gasteiger partial charge is 0.167 e. The number of fused-ring (bicyclic) bond motifs is 2. The maximum absolute atomic E-state index is 13.3. The summed E-state index contributed by atoms with van der Waals surface area (Å²) in [5.41, 5.74) is 0.552. The van der Waals surface area contributed by atoms with Gasteiger partial charge in [-0.1, -0.05) is 0 Å². The van der Waals surface area contributed by atoms with E-state index in [-0.39, 0.29) is 22.8 Å². The Morgan fingerprint density at radius 2 is 2.00 bits per heavy atom. The normalized spacial score (nSPS) is 28.9. The van der Waals surface area contributed by atoms with Crippen molar-refractivity contribution < 1.29 is 9.18 Å². The fourth-order valence-corrected chi connectivity index (χ4v) is 4.89. The zero-order valence-corrected chi connectivity index (χ0v) is 11.3. The van der Waals surface area contributed by atoms with E-state index in [0.29, 0.717) is 10.5 Å². The summed E-state index contributed by atoms with van der Waals surface area (Å²) in [6, 6.07) is 5.83. The van der Waals surface area contributed by atoms with Crippen molar-refractivity contribution in [1.82, 2.24) is 0 Å². The van der Waals surface area contributed by atoms with Crippen LogP contribution in [0.4, 0.5) is 4.39 Å². The topological polar surface area (TPSA) is 40.9 Å². The fraction of sp³-hybridized carbons (Fsp3) is 0.467. The van der Waals surface area contributed by atoms with Gasteiger partial charge in [0, 0.05) is 22.0 Å². The minimum absolute atomic E-state index is 0.0346. The van der Waals surface area contributed by atoms with E-state index >= 15 is 0 Å². The van der Waals surface area contributed by atoms with E-state index in [1.165, 1.54) is 31.0 Å². The molecule has 19 heavy (non-hydrogen) atoms. The number of rotatable bonds is 2. The van der Waals surface area contributed by atoms with E-state index in [2.05, 4.69) is 0 Å². The fourth-order valence-electron chi connectivity index (χ4n) is 3.11. The molecule has 1 aromatic carbocycles. The number of halogens is 1. The largest absolute Gasteiger partial charge is 0.294 e. The van der Waals surface area contributed by atoms with Gasteiger partial charge < -0.3 is 0 Å². The van der Waals surface area contributed by atoms with Crippen molar-refractivity contribution in [3.63, 3.8) is 0 Å². The minimum atomic E-state index is -0.449. The number of thioether (sulfide) groups is 1. The van der Waals surface area contributed by atoms with Gasteiger partial charge in [-0.05, 0) is 43.9 Å². The summed E-state index contributed by atoms with van der Waals surface area (Å²) in [6.45, 7) is 0. The highest BCUT2D eigenvalue weighted by molar-refractivity contribution is 8.00. The molecule has 1 aromatic rings. The number of Topliss-reactive ketones (excluding diaryl/α,β-unsaturated/α-hetero) is 1. The van der Waals surface area contributed by atoms with Crippen molar-refractivity contribution in [1.29, 1.82) is 5.26 Å². The summed E-state index contributed by atoms with van der Waals surface area (Å²) < 4.78 is 13.3. The van der Waals surface area contributed by atoms with E-state index in [4.69, 9.17) is 5.26 Å². The molecule has 0 amide bonds. The molecule has 2 bridgehead atoms. The van der Waals surface area contributed by atoms with Gasteiger partial charge >= 0.3 is 0 Å². The molecule has 2 unspecified atom stereocenters. The number of hydrogen-bond donors (Lipinski definition) is 0. The van der Waals surface area contributed by atoms with E-state index in [0.717, 1.165) is 12.8 Å². The molecule has 0 spiro atoms. The molecule has 0 aliphatic carbocycles. The predicted octanol–water partition coefficient (Wildman–Crippen LogP) is 3.55. The lowest BCUT2D eigenvalue weighted by molar-refractivity contribution is 0.0906. The van der Waals surface area contributed by atoms with Gasteiger partial charge in [-0.3, -0.25) is 4.79 Å². The van der Waals surface area contributed by atoms with Gasteiger partial charge in [0.15, 0.2) is 5.78 Å². The Morgan fingerprint density at radius 1 is 1.32 bits per heavy atom. The third-order valence-corrected chi connectivity index (χ3v) is 5.65. The van der Waals surface area contributed by atoms with Crippen molar-refractivity contribution in [3.8, 4) is 6.07 Å². The van der Waals surface area contributed by atoms with Gasteiger partial charge in [0.1, 0.15) is 5.82 Å². The number of carbonyl (C=O) groups is 1. The van der Waals surface area contributed by atoms with E-state index in [1.54, 1.807) is 0 Å². The second-order valence-electron chi connectivity index (χ2n) is 5.29. The van der Waals surface area contributed by atoms with Gasteiger partial charge in [0.25, 0.3) is 0 Å². The molecule has 2 aliphatic rings. The van der Waals surface area contributed by atoms with Crippen LogP contribution in [0.15, 0.2) is 18.2 Å². The lowest BCUT2D eigenvalue weighted by Gasteiger charge is -2.26. The Kier molecular flexibility index (Phi) is 3.32. The second-order valence-corrected chi connectivity index (χ2v) is 6.90. The summed E-state index contributed by atoms with van der Waals surface area (Å²) >= 11 is 1.99. The van der Waals surface area contributed by atoms with Crippen LogP contribution < -0.4 is 0 Å². The van der Waals surface area contributed by atoms with Gasteiger partial charge in [-0.25, -0.2) is 4.39 Å². The van der Waals surface area contributed by atoms with Crippen molar-refractivity contribution in [2.75, 3.05) is 0 Å². The average Bonchev–Trinajstić information content (AvgIpc) is 2.76. The highest BCUT2D eigenvalue weighted by Crippen LogP contribution is 2.46. The van der Waals surface area contributed by atoms with Crippen LogP contribution in [-0.4, -0.2) is 16.3 Å². The zero-order chi connectivity index (χ0) is 13.4. The Morgan fingerprint density at radius 3 is 2.63 bits per heavy atom. The summed E-state index contributed by atoms with van der Waals surface area (Å²) in [6.07, 6.45) is 4.13. The molecule has 98 valence electrons. The lowest BCUT2D eigenvalue weighted by atomic mass is 9.88. The molecule has 2 aliphatic heterocycles. The summed E-state index contributed by atoms with van der Waals surface area (Å²) in [7, 11) is 0. The molecular formula is C15H14FNOS. The molecule has 0 saturated carbocycles. The van der Waals surface area contributed by atoms with Crippen LogP contribution in [0.2, 0.25) is 0 Å². The molecule has 0 aromatic heterocycles. The lowest BCUT2D eigenvalue weighted by Crippen LogP contribution is -2.25. The molecule has 4 heteroatoms. The number of nitriles is 1. The summed E-state index contributed by atoms with van der Waals surface area (Å²) in [5.74, 6) is -0.531. The number of carbonyl (C=O) groups excluding carboxylic acids is 1. The van der Waals surface area contributed by atoms with Crippen LogP contribution in [-0.2, 0) is 0 Å². The van der Waals surface area contributed by atoms with Gasteiger partial charge in [-0.15, -0.1) is 0 Å². The Labute approximate surface area is 116 Å². The molecule has 2 nitrogen and oxygen atoms in total. The highest BCUT2D eigenvalue weighted by Gasteiger charge is 2.38. The number of nitrogens with zero attached hydrogens (tertiary/aromatic N) is 1. The van der Waals surface area contributed by atoms with E-state index in [9.17, 15) is 9.18 Å². The monoisotopic (exact) mass is 275 g/mol. The van der Waals surface area contributed by atoms with Crippen LogP contribution in [0.1, 0.15) is 41.6 Å². The Hall–Kier alpha value is -1.34. The zero-order valence-electron chi connectivity index (χ0n) is 10.4. The number of ketones is 1. The first-order valence-electron chi connectivity index (χ1n) is 6.56. The average molecular weight is 275 g/mol. The third kappa shape index (κ3) is 2.40. The standard InChI is InChI=1S/C15H14FNOS/c16-11-2-1-9(8-17)14(7-11)15(18)10-5-12-3-4-13(6-10)19-12/h1-2,7,10,12-13H,3-6H2. The molecule has 2 atom stereocenters. The molecular weight excluding hydrogens is 261 g/mol. The van der Waals surface area contributed by atoms with Crippen LogP contribution >= 0.6 is 11.8 Å². The summed E-state index contributed by atoms with van der Waals surface area (Å²) in [4.78, 5) is 12.5. The van der Waals surface area contributed by atoms with Gasteiger partial charge in [-0.2, -0.15) is 17.0 Å². The first-order valence-corrected chi connectivity index (χ1v) is 7.51. The molecule has 2 fully saturated rings. The number of hydrogen-bond acceptors (Lipinski definition) is 3. The van der Waals surface area contributed by atoms with Crippen LogP contribution in [0, 0.1) is 23.1 Å². The first kappa shape index (κ1) is 12.7. The van der Waals surface area contributed by atoms with E-state index in [1.807, 2.05) is 17.8 Å². The molecule has 0 radical (unpaired) electrons. The van der Waals surface area contributed by atoms with Crippen LogP contribution in [0.5, 0.6) is 0 Å². The molecule has 2 heterocycles. The first-order chi connectivity index (χ1) is 9.17. The van der Waals surface area contributed by atoms with Gasteiger partial charge in [0.05, 0.1) is 11.6 Å². The SMILES string of the molecule is N#Cc1ccc(F)cc1C(=O)C1CC2CCC(C1)S2. The van der Waals surface area contributed by atoms with Crippen LogP contribution in [0.25, 0.3) is 0 Å². The molecule has 3 rings (SSSR count). The number of benzene rings is 1. The van der Waals surface area contributed by atoms with Gasteiger partial charge in [0.2, 0.25) is 0 Å². The quantitative estimate of drug-likeness (QED) is 0.775.